The fourth-order valence-electron chi connectivity index (χ4n) is 16.7. The Kier molecular flexibility index (Phi) is 19.3. The van der Waals surface area contributed by atoms with E-state index in [4.69, 9.17) is 49.8 Å². The lowest BCUT2D eigenvalue weighted by Crippen LogP contribution is -2.27. The third kappa shape index (κ3) is 14.0. The average Bonchev–Trinajstić information content (AvgIpc) is 0.745. The van der Waals surface area contributed by atoms with Gasteiger partial charge < -0.3 is 4.57 Å². The van der Waals surface area contributed by atoms with Gasteiger partial charge in [0.2, 0.25) is 0 Å². The molecule has 0 amide bonds. The van der Waals surface area contributed by atoms with Crippen molar-refractivity contribution >= 4 is 121 Å². The van der Waals surface area contributed by atoms with E-state index in [2.05, 4.69) is 194 Å². The highest BCUT2D eigenvalue weighted by atomic mass is 31.2. The summed E-state index contributed by atoms with van der Waals surface area (Å²) in [5, 5.41) is 18.8. The zero-order valence-corrected chi connectivity index (χ0v) is 66.7. The van der Waals surface area contributed by atoms with Gasteiger partial charge in [0.05, 0.1) is 79.2 Å². The summed E-state index contributed by atoms with van der Waals surface area (Å²) in [4.78, 5) is 50.7. The van der Waals surface area contributed by atoms with Crippen LogP contribution in [-0.2, 0) is 4.57 Å². The lowest BCUT2D eigenvalue weighted by molar-refractivity contribution is 0.592. The van der Waals surface area contributed by atoms with E-state index in [1.165, 1.54) is 43.1 Å². The minimum atomic E-state index is -3.21. The number of nitrogens with zero attached hydrogens (tertiary/aromatic N) is 10. The zero-order chi connectivity index (χ0) is 81.3. The van der Waals surface area contributed by atoms with Crippen molar-refractivity contribution in [2.45, 2.75) is 0 Å². The van der Waals surface area contributed by atoms with Crippen LogP contribution in [0.2, 0.25) is 0 Å². The highest BCUT2D eigenvalue weighted by Crippen LogP contribution is 2.45. The molecule has 0 unspecified atom stereocenters. The topological polar surface area (TPSA) is 146 Å². The van der Waals surface area contributed by atoms with Crippen LogP contribution < -0.4 is 16.0 Å². The Bertz CT molecular complexity index is 7460. The first-order chi connectivity index (χ1) is 60.4. The van der Waals surface area contributed by atoms with Crippen LogP contribution in [0.5, 0.6) is 0 Å². The molecular formula is C110H71N10OP. The molecule has 122 heavy (non-hydrogen) atoms. The second kappa shape index (κ2) is 32.1. The van der Waals surface area contributed by atoms with Crippen molar-refractivity contribution in [1.29, 1.82) is 0 Å². The summed E-state index contributed by atoms with van der Waals surface area (Å²) in [5.74, 6) is 1.24. The molecule has 12 heteroatoms. The number of pyridine rings is 6. The smallest absolute Gasteiger partial charge is 0.188 e. The second-order valence-electron chi connectivity index (χ2n) is 29.9. The lowest BCUT2D eigenvalue weighted by Gasteiger charge is -2.20. The molecule has 15 aromatic carbocycles. The molecule has 8 aromatic heterocycles. The molecule has 0 saturated carbocycles. The summed E-state index contributed by atoms with van der Waals surface area (Å²) in [6.45, 7) is 0. The van der Waals surface area contributed by atoms with Crippen LogP contribution in [-0.4, -0.2) is 49.8 Å². The van der Waals surface area contributed by atoms with Gasteiger partial charge in [-0.1, -0.05) is 364 Å². The maximum absolute atomic E-state index is 15.0. The van der Waals surface area contributed by atoms with Crippen LogP contribution in [0.25, 0.3) is 200 Å². The van der Waals surface area contributed by atoms with Crippen LogP contribution in [0.1, 0.15) is 0 Å². The maximum atomic E-state index is 15.0. The third-order valence-corrected chi connectivity index (χ3v) is 25.4. The Hall–Kier alpha value is -16.1. The molecule has 0 radical (unpaired) electrons. The van der Waals surface area contributed by atoms with Crippen LogP contribution >= 0.6 is 7.14 Å². The highest BCUT2D eigenvalue weighted by molar-refractivity contribution is 7.85. The Morgan fingerprint density at radius 3 is 0.877 bits per heavy atom. The van der Waals surface area contributed by atoms with Crippen molar-refractivity contribution in [1.82, 2.24) is 49.8 Å². The number of benzene rings is 15. The first kappa shape index (κ1) is 73.5. The second-order valence-corrected chi connectivity index (χ2v) is 32.6. The van der Waals surface area contributed by atoms with Gasteiger partial charge in [-0.15, -0.1) is 0 Å². The van der Waals surface area contributed by atoms with E-state index in [1.807, 2.05) is 237 Å². The van der Waals surface area contributed by atoms with Gasteiger partial charge in [0.25, 0.3) is 0 Å². The summed E-state index contributed by atoms with van der Waals surface area (Å²) in [7, 11) is -3.21. The van der Waals surface area contributed by atoms with E-state index in [9.17, 15) is 4.57 Å². The molecule has 0 aliphatic rings. The summed E-state index contributed by atoms with van der Waals surface area (Å²) in [6.07, 6.45) is 0. The first-order valence-corrected chi connectivity index (χ1v) is 42.3. The molecule has 0 fully saturated rings. The number of aromatic nitrogens is 10. The van der Waals surface area contributed by atoms with Crippen LogP contribution in [0.4, 0.5) is 0 Å². The zero-order valence-electron chi connectivity index (χ0n) is 65.8. The minimum absolute atomic E-state index is 0.552. The number of para-hydroxylation sites is 3. The number of hydrogen-bond acceptors (Lipinski definition) is 11. The van der Waals surface area contributed by atoms with Crippen molar-refractivity contribution in [3.05, 3.63) is 431 Å². The lowest BCUT2D eigenvalue weighted by atomic mass is 9.96. The fourth-order valence-corrected chi connectivity index (χ4v) is 19.3. The molecule has 0 bridgehead atoms. The molecule has 572 valence electrons. The maximum Gasteiger partial charge on any atom is 0.188 e. The minimum Gasteiger partial charge on any atom is -0.307 e. The fraction of sp³-hybridized carbons (Fsp3) is 0. The van der Waals surface area contributed by atoms with Crippen molar-refractivity contribution in [3.8, 4) is 102 Å². The standard InChI is InChI=1S/2C38H24N4.C34H23N2OP/c1-3-13-26(14-4-1)34-24-35(42-38(41-34)27-15-5-2-6-16-27)32-20-11-21-33(39-32)37-30-23-22-25-12-7-8-17-28(25)36(30)29-18-9-10-19-31(29)40-37;1-3-13-26(14-4-1)34-24-35(27-15-5-2-6-16-27)42-38(41-34)33-21-11-20-32(39-33)37-30-23-22-25-12-7-8-17-28(25)36(30)29-18-9-10-19-31(29)40-37;37-38(25-13-3-1-4-14-25,26-15-5-2-6-16-26)32-21-11-20-31(35-32)34-29-23-22-24-12-7-8-17-27(24)33(29)28-18-9-10-19-30(28)36-34/h2*1-24H;1-23H. The molecule has 0 spiro atoms. The molecule has 11 nitrogen and oxygen atoms in total. The van der Waals surface area contributed by atoms with Gasteiger partial charge in [-0.05, 0) is 99.0 Å². The summed E-state index contributed by atoms with van der Waals surface area (Å²) in [6, 6.07) is 145. The Morgan fingerprint density at radius 2 is 0.467 bits per heavy atom. The summed E-state index contributed by atoms with van der Waals surface area (Å²) < 4.78 is 15.0. The monoisotopic (exact) mass is 1580 g/mol. The Balaban J connectivity index is 0.000000113. The van der Waals surface area contributed by atoms with E-state index >= 15 is 0 Å². The predicted molar refractivity (Wildman–Crippen MR) is 503 cm³/mol. The van der Waals surface area contributed by atoms with Gasteiger partial charge >= 0.3 is 0 Å². The van der Waals surface area contributed by atoms with Crippen molar-refractivity contribution in [2.75, 3.05) is 0 Å². The van der Waals surface area contributed by atoms with Crippen molar-refractivity contribution < 1.29 is 4.57 Å². The van der Waals surface area contributed by atoms with Gasteiger partial charge in [-0.25, -0.2) is 49.8 Å². The van der Waals surface area contributed by atoms with Crippen LogP contribution in [0, 0.1) is 0 Å². The van der Waals surface area contributed by atoms with E-state index in [-0.39, 0.29) is 0 Å². The molecule has 8 heterocycles. The van der Waals surface area contributed by atoms with Gasteiger partial charge in [-0.2, -0.15) is 0 Å². The predicted octanol–water partition coefficient (Wildman–Crippen LogP) is 26.0. The molecule has 23 aromatic rings. The average molecular weight is 1580 g/mol. The van der Waals surface area contributed by atoms with E-state index in [1.54, 1.807) is 0 Å². The molecule has 0 saturated heterocycles. The Morgan fingerprint density at radius 1 is 0.172 bits per heavy atom. The van der Waals surface area contributed by atoms with E-state index in [0.29, 0.717) is 28.5 Å². The molecule has 0 N–H and O–H groups in total. The largest absolute Gasteiger partial charge is 0.307 e. The quantitative estimate of drug-likeness (QED) is 0.0851. The Labute approximate surface area is 703 Å². The van der Waals surface area contributed by atoms with Gasteiger partial charge in [0, 0.05) is 81.3 Å². The molecule has 0 atom stereocenters. The highest BCUT2D eigenvalue weighted by Gasteiger charge is 2.32. The van der Waals surface area contributed by atoms with Crippen molar-refractivity contribution in [3.63, 3.8) is 0 Å². The van der Waals surface area contributed by atoms with E-state index in [0.717, 1.165) is 144 Å². The van der Waals surface area contributed by atoms with Crippen molar-refractivity contribution in [2.24, 2.45) is 0 Å². The number of hydrogen-bond donors (Lipinski definition) is 0. The molecule has 23 rings (SSSR count). The molecular weight excluding hydrogens is 1510 g/mol. The first-order valence-electron chi connectivity index (χ1n) is 40.6. The molecule has 0 aliphatic carbocycles. The number of fused-ring (bicyclic) bond motifs is 15. The normalized spacial score (nSPS) is 11.5. The molecule has 0 aliphatic heterocycles. The number of rotatable bonds is 12. The summed E-state index contributed by atoms with van der Waals surface area (Å²) in [5.41, 5.74) is 17.0. The van der Waals surface area contributed by atoms with Crippen LogP contribution in [0.15, 0.2) is 431 Å². The van der Waals surface area contributed by atoms with E-state index < -0.39 is 7.14 Å². The third-order valence-electron chi connectivity index (χ3n) is 22.5. The van der Waals surface area contributed by atoms with Gasteiger partial charge in [-0.3, -0.25) is 0 Å². The SMILES string of the molecule is O=P(c1ccccc1)(c1ccccc1)c1cccc(-c2nc3ccccc3c3c2ccc2ccccc23)n1.c1ccc(-c2cc(-c3cccc(-c4nc5ccccc5c5c4ccc4ccccc45)n3)nc(-c3ccccc3)n2)cc1.c1ccc(-c2cc(-c3ccccc3)nc(-c3cccc(-c4nc5ccccc5c5c4ccc4ccccc45)n3)n2)cc1. The van der Waals surface area contributed by atoms with Gasteiger partial charge in [0.15, 0.2) is 18.8 Å². The summed E-state index contributed by atoms with van der Waals surface area (Å²) >= 11 is 0. The van der Waals surface area contributed by atoms with Crippen LogP contribution in [0.3, 0.4) is 0 Å². The van der Waals surface area contributed by atoms with Gasteiger partial charge in [0.1, 0.15) is 11.1 Å².